The first-order valence-corrected chi connectivity index (χ1v) is 10.6. The maximum absolute atomic E-state index is 14.4. The van der Waals surface area contributed by atoms with Gasteiger partial charge in [-0.15, -0.1) is 0 Å². The summed E-state index contributed by atoms with van der Waals surface area (Å²) in [6.45, 7) is 0.691. The van der Waals surface area contributed by atoms with E-state index in [1.54, 1.807) is 36.4 Å². The van der Waals surface area contributed by atoms with Crippen LogP contribution in [0.2, 0.25) is 0 Å². The van der Waals surface area contributed by atoms with Gasteiger partial charge in [-0.3, -0.25) is 9.59 Å². The van der Waals surface area contributed by atoms with Crippen LogP contribution in [0.5, 0.6) is 5.75 Å². The van der Waals surface area contributed by atoms with Gasteiger partial charge in [0.1, 0.15) is 23.4 Å². The molecule has 1 amide bonds. The molecule has 1 aliphatic heterocycles. The zero-order chi connectivity index (χ0) is 23.4. The molecule has 1 aromatic heterocycles. The molecule has 33 heavy (non-hydrogen) atoms. The van der Waals surface area contributed by atoms with Gasteiger partial charge in [-0.2, -0.15) is 5.10 Å². The number of nitrogens with two attached hydrogens (primary N) is 1. The number of carbonyl (C=O) groups excluding carboxylic acids is 2. The predicted molar refractivity (Wildman–Crippen MR) is 121 cm³/mol. The number of carbonyl (C=O) groups is 2. The fraction of sp³-hybridized carbons (Fsp3) is 0.292. The molecule has 2 aromatic carbocycles. The highest BCUT2D eigenvalue weighted by molar-refractivity contribution is 5.97. The number of para-hydroxylation sites is 1. The average molecular weight is 452 g/mol. The molecule has 4 rings (SSSR count). The van der Waals surface area contributed by atoms with Crippen molar-refractivity contribution in [2.24, 2.45) is 0 Å². The van der Waals surface area contributed by atoms with Crippen molar-refractivity contribution in [3.63, 3.8) is 0 Å². The summed E-state index contributed by atoms with van der Waals surface area (Å²) in [7, 11) is 1.52. The predicted octanol–water partition coefficient (Wildman–Crippen LogP) is 3.18. The number of benzene rings is 2. The van der Waals surface area contributed by atoms with E-state index in [-0.39, 0.29) is 23.9 Å². The highest BCUT2D eigenvalue weighted by atomic mass is 19.1. The summed E-state index contributed by atoms with van der Waals surface area (Å²) in [5.74, 6) is 0.395. The van der Waals surface area contributed by atoms with Crippen LogP contribution in [-0.2, 0) is 11.3 Å². The van der Waals surface area contributed by atoms with Crippen LogP contribution in [0, 0.1) is 0 Å². The standard InChI is InChI=1S/C24H25FN4O4/c1-32-21-5-3-2-4-17(21)24(31)27-12-15-6-8-16(9-7-15)22-18(13-30)23(26)29(28-22)20-10-11-33-14-19(20)25/h2-9,13,19-20H,10-12,14,26H2,1H3,(H,27,31). The Morgan fingerprint density at radius 3 is 2.76 bits per heavy atom. The maximum atomic E-state index is 14.4. The molecule has 8 nitrogen and oxygen atoms in total. The number of aldehydes is 1. The molecule has 2 atom stereocenters. The number of methoxy groups -OCH3 is 1. The second-order valence-corrected chi connectivity index (χ2v) is 7.74. The lowest BCUT2D eigenvalue weighted by Gasteiger charge is -2.26. The van der Waals surface area contributed by atoms with Gasteiger partial charge in [0.05, 0.1) is 30.9 Å². The number of alkyl halides is 1. The number of aromatic nitrogens is 2. The largest absolute Gasteiger partial charge is 0.496 e. The Bertz CT molecular complexity index is 1150. The van der Waals surface area contributed by atoms with E-state index in [1.807, 2.05) is 12.1 Å². The molecular weight excluding hydrogens is 427 g/mol. The van der Waals surface area contributed by atoms with Crippen LogP contribution in [0.15, 0.2) is 48.5 Å². The van der Waals surface area contributed by atoms with Gasteiger partial charge in [0.2, 0.25) is 0 Å². The van der Waals surface area contributed by atoms with Gasteiger partial charge in [-0.1, -0.05) is 36.4 Å². The van der Waals surface area contributed by atoms with Crippen molar-refractivity contribution in [1.29, 1.82) is 0 Å². The van der Waals surface area contributed by atoms with Crippen molar-refractivity contribution in [3.8, 4) is 17.0 Å². The molecule has 172 valence electrons. The second kappa shape index (κ2) is 9.83. The Morgan fingerprint density at radius 2 is 2.06 bits per heavy atom. The van der Waals surface area contributed by atoms with Crippen molar-refractivity contribution >= 4 is 18.0 Å². The van der Waals surface area contributed by atoms with Crippen LogP contribution >= 0.6 is 0 Å². The molecule has 1 aliphatic rings. The van der Waals surface area contributed by atoms with Crippen molar-refractivity contribution in [2.75, 3.05) is 26.1 Å². The molecule has 3 aromatic rings. The van der Waals surface area contributed by atoms with Crippen LogP contribution in [-0.4, -0.2) is 48.5 Å². The quantitative estimate of drug-likeness (QED) is 0.533. The Kier molecular flexibility index (Phi) is 6.69. The molecule has 2 heterocycles. The van der Waals surface area contributed by atoms with Gasteiger partial charge in [0.15, 0.2) is 6.29 Å². The third-order valence-electron chi connectivity index (χ3n) is 5.70. The van der Waals surface area contributed by atoms with Gasteiger partial charge in [-0.05, 0) is 24.1 Å². The zero-order valence-corrected chi connectivity index (χ0v) is 18.2. The first-order valence-electron chi connectivity index (χ1n) is 10.6. The maximum Gasteiger partial charge on any atom is 0.255 e. The number of hydrogen-bond donors (Lipinski definition) is 2. The highest BCUT2D eigenvalue weighted by Crippen LogP contribution is 2.32. The molecule has 1 saturated heterocycles. The van der Waals surface area contributed by atoms with Gasteiger partial charge >= 0.3 is 0 Å². The van der Waals surface area contributed by atoms with E-state index in [0.717, 1.165) is 5.56 Å². The van der Waals surface area contributed by atoms with Crippen molar-refractivity contribution in [2.45, 2.75) is 25.2 Å². The van der Waals surface area contributed by atoms with Gasteiger partial charge in [-0.25, -0.2) is 9.07 Å². The number of nitrogens with one attached hydrogen (secondary N) is 1. The Labute approximate surface area is 190 Å². The van der Waals surface area contributed by atoms with E-state index in [2.05, 4.69) is 10.4 Å². The first-order chi connectivity index (χ1) is 16.0. The molecule has 0 radical (unpaired) electrons. The number of hydrogen-bond acceptors (Lipinski definition) is 6. The molecule has 0 aliphatic carbocycles. The monoisotopic (exact) mass is 452 g/mol. The van der Waals surface area contributed by atoms with Crippen molar-refractivity contribution in [1.82, 2.24) is 15.1 Å². The third-order valence-corrected chi connectivity index (χ3v) is 5.70. The van der Waals surface area contributed by atoms with Crippen molar-refractivity contribution in [3.05, 3.63) is 65.2 Å². The number of rotatable bonds is 7. The number of anilines is 1. The van der Waals surface area contributed by atoms with Crippen LogP contribution in [0.4, 0.5) is 10.2 Å². The summed E-state index contributed by atoms with van der Waals surface area (Å²) in [6.07, 6.45) is -0.180. The lowest BCUT2D eigenvalue weighted by molar-refractivity contribution is 0.000595. The SMILES string of the molecule is COc1ccccc1C(=O)NCc1ccc(-c2nn(C3CCOCC3F)c(N)c2C=O)cc1. The summed E-state index contributed by atoms with van der Waals surface area (Å²) >= 11 is 0. The van der Waals surface area contributed by atoms with E-state index in [1.165, 1.54) is 11.8 Å². The summed E-state index contributed by atoms with van der Waals surface area (Å²) in [5, 5.41) is 7.33. The minimum absolute atomic E-state index is 0.0228. The van der Waals surface area contributed by atoms with E-state index in [9.17, 15) is 14.0 Å². The molecule has 3 N–H and O–H groups in total. The van der Waals surface area contributed by atoms with Crippen LogP contribution in [0.1, 0.15) is 38.7 Å². The van der Waals surface area contributed by atoms with Gasteiger partial charge in [0, 0.05) is 18.7 Å². The first kappa shape index (κ1) is 22.5. The van der Waals surface area contributed by atoms with Crippen LogP contribution < -0.4 is 15.8 Å². The Morgan fingerprint density at radius 1 is 1.30 bits per heavy atom. The number of halogens is 1. The summed E-state index contributed by atoms with van der Waals surface area (Å²) in [5.41, 5.74) is 8.74. The second-order valence-electron chi connectivity index (χ2n) is 7.74. The van der Waals surface area contributed by atoms with Crippen molar-refractivity contribution < 1.29 is 23.5 Å². The van der Waals surface area contributed by atoms with E-state index < -0.39 is 12.2 Å². The smallest absolute Gasteiger partial charge is 0.255 e. The fourth-order valence-corrected chi connectivity index (χ4v) is 3.90. The zero-order valence-electron chi connectivity index (χ0n) is 18.2. The molecular formula is C24H25FN4O4. The lowest BCUT2D eigenvalue weighted by atomic mass is 10.1. The Hall–Kier alpha value is -3.72. The van der Waals surface area contributed by atoms with Gasteiger partial charge < -0.3 is 20.5 Å². The number of nitrogen functional groups attached to an aromatic ring is 1. The highest BCUT2D eigenvalue weighted by Gasteiger charge is 2.31. The molecule has 0 saturated carbocycles. The van der Waals surface area contributed by atoms with Crippen LogP contribution in [0.25, 0.3) is 11.3 Å². The fourth-order valence-electron chi connectivity index (χ4n) is 3.90. The molecule has 2 unspecified atom stereocenters. The van der Waals surface area contributed by atoms with E-state index >= 15 is 0 Å². The number of amides is 1. The summed E-state index contributed by atoms with van der Waals surface area (Å²) < 4.78 is 26.1. The average Bonchev–Trinajstić information content (AvgIpc) is 3.19. The summed E-state index contributed by atoms with van der Waals surface area (Å²) in [4.78, 5) is 24.2. The normalized spacial score (nSPS) is 18.0. The minimum Gasteiger partial charge on any atom is -0.496 e. The lowest BCUT2D eigenvalue weighted by Crippen LogP contribution is -2.32. The summed E-state index contributed by atoms with van der Waals surface area (Å²) in [6, 6.07) is 13.7. The molecule has 1 fully saturated rings. The molecule has 0 bridgehead atoms. The van der Waals surface area contributed by atoms with E-state index in [0.29, 0.717) is 48.4 Å². The van der Waals surface area contributed by atoms with Gasteiger partial charge in [0.25, 0.3) is 5.91 Å². The number of ether oxygens (including phenoxy) is 2. The minimum atomic E-state index is -1.25. The Balaban J connectivity index is 1.51. The van der Waals surface area contributed by atoms with Crippen LogP contribution in [0.3, 0.4) is 0 Å². The van der Waals surface area contributed by atoms with E-state index in [4.69, 9.17) is 15.2 Å². The topological polar surface area (TPSA) is 108 Å². The third kappa shape index (κ3) is 4.58. The number of nitrogens with zero attached hydrogens (tertiary/aromatic N) is 2. The molecule has 9 heteroatoms. The molecule has 0 spiro atoms.